The number of nitrogens with zero attached hydrogens (tertiary/aromatic N) is 2. The quantitative estimate of drug-likeness (QED) is 0.866. The second kappa shape index (κ2) is 6.18. The molecule has 0 amide bonds. The van der Waals surface area contributed by atoms with Gasteiger partial charge in [0.25, 0.3) is 0 Å². The lowest BCUT2D eigenvalue weighted by molar-refractivity contribution is -0.173. The third kappa shape index (κ3) is 3.08. The van der Waals surface area contributed by atoms with Crippen LogP contribution < -0.4 is 5.32 Å². The molecule has 0 saturated carbocycles. The fourth-order valence-electron chi connectivity index (χ4n) is 2.78. The molecule has 1 aliphatic rings. The summed E-state index contributed by atoms with van der Waals surface area (Å²) >= 11 is 0. The molecule has 1 aromatic carbocycles. The van der Waals surface area contributed by atoms with Gasteiger partial charge in [-0.25, -0.2) is 9.48 Å². The van der Waals surface area contributed by atoms with Gasteiger partial charge in [-0.2, -0.15) is 18.3 Å². The van der Waals surface area contributed by atoms with Crippen molar-refractivity contribution < 1.29 is 22.7 Å². The van der Waals surface area contributed by atoms with Gasteiger partial charge in [-0.15, -0.1) is 0 Å². The molecule has 0 bridgehead atoms. The minimum Gasteiger partial charge on any atom is -0.461 e. The van der Waals surface area contributed by atoms with Crippen LogP contribution in [0.3, 0.4) is 0 Å². The summed E-state index contributed by atoms with van der Waals surface area (Å²) in [6.07, 6.45) is -4.67. The maximum absolute atomic E-state index is 13.5. The van der Waals surface area contributed by atoms with Crippen LogP contribution >= 0.6 is 0 Å². The fraction of sp³-hybridized carbons (Fsp3) is 0.375. The predicted octanol–water partition coefficient (Wildman–Crippen LogP) is 3.72. The molecule has 0 aliphatic carbocycles. The number of carbonyl (C=O) groups excluding carboxylic acids is 1. The molecule has 0 spiro atoms. The number of hydrogen-bond donors (Lipinski definition) is 1. The van der Waals surface area contributed by atoms with Gasteiger partial charge in [-0.3, -0.25) is 0 Å². The standard InChI is InChI=1S/C16H16F3N3O2/c1-2-24-15(23)12-9-14-20-11(10-6-4-3-5-7-10)8-13(16(17,18)19)22(14)21-12/h3-7,9,11,13,20H,2,8H2,1H3/t11-,13+/m1/s1. The summed E-state index contributed by atoms with van der Waals surface area (Å²) in [5.41, 5.74) is 0.610. The van der Waals surface area contributed by atoms with Crippen LogP contribution in [0.5, 0.6) is 0 Å². The topological polar surface area (TPSA) is 56.2 Å². The first-order chi connectivity index (χ1) is 11.4. The van der Waals surface area contributed by atoms with Crippen molar-refractivity contribution in [2.45, 2.75) is 31.6 Å². The maximum Gasteiger partial charge on any atom is 0.410 e. The van der Waals surface area contributed by atoms with E-state index in [0.717, 1.165) is 10.2 Å². The summed E-state index contributed by atoms with van der Waals surface area (Å²) in [5, 5.41) is 6.83. The zero-order valence-corrected chi connectivity index (χ0v) is 12.9. The van der Waals surface area contributed by atoms with Crippen LogP contribution in [-0.4, -0.2) is 28.5 Å². The summed E-state index contributed by atoms with van der Waals surface area (Å²) in [7, 11) is 0. The van der Waals surface area contributed by atoms with Crippen molar-refractivity contribution in [3.05, 3.63) is 47.7 Å². The van der Waals surface area contributed by atoms with Crippen LogP contribution in [0.1, 0.15) is 41.5 Å². The first kappa shape index (κ1) is 16.4. The second-order valence-corrected chi connectivity index (χ2v) is 5.48. The number of nitrogens with one attached hydrogen (secondary N) is 1. The van der Waals surface area contributed by atoms with Gasteiger partial charge in [0, 0.05) is 12.5 Å². The Balaban J connectivity index is 1.98. The number of alkyl halides is 3. The number of rotatable bonds is 3. The molecular formula is C16H16F3N3O2. The molecule has 0 saturated heterocycles. The molecule has 3 rings (SSSR count). The van der Waals surface area contributed by atoms with E-state index in [4.69, 9.17) is 4.74 Å². The van der Waals surface area contributed by atoms with Gasteiger partial charge in [0.05, 0.1) is 12.6 Å². The van der Waals surface area contributed by atoms with E-state index in [0.29, 0.717) is 0 Å². The summed E-state index contributed by atoms with van der Waals surface area (Å²) in [5.74, 6) is -0.584. The number of halogens is 3. The Morgan fingerprint density at radius 1 is 1.38 bits per heavy atom. The van der Waals surface area contributed by atoms with Crippen molar-refractivity contribution in [3.8, 4) is 0 Å². The van der Waals surface area contributed by atoms with Gasteiger partial charge in [-0.05, 0) is 12.5 Å². The molecule has 5 nitrogen and oxygen atoms in total. The molecule has 2 atom stereocenters. The van der Waals surface area contributed by atoms with E-state index in [1.165, 1.54) is 6.07 Å². The highest BCUT2D eigenvalue weighted by molar-refractivity contribution is 5.88. The van der Waals surface area contributed by atoms with Crippen LogP contribution in [0, 0.1) is 0 Å². The fourth-order valence-corrected chi connectivity index (χ4v) is 2.78. The van der Waals surface area contributed by atoms with E-state index in [-0.39, 0.29) is 24.5 Å². The van der Waals surface area contributed by atoms with E-state index < -0.39 is 24.2 Å². The molecule has 0 fully saturated rings. The number of benzene rings is 1. The van der Waals surface area contributed by atoms with Crippen LogP contribution in [0.15, 0.2) is 36.4 Å². The summed E-state index contributed by atoms with van der Waals surface area (Å²) in [6.45, 7) is 1.75. The lowest BCUT2D eigenvalue weighted by Crippen LogP contribution is -2.35. The van der Waals surface area contributed by atoms with Crippen molar-refractivity contribution in [1.29, 1.82) is 0 Å². The van der Waals surface area contributed by atoms with Gasteiger partial charge in [0.2, 0.25) is 0 Å². The monoisotopic (exact) mass is 339 g/mol. The average molecular weight is 339 g/mol. The number of anilines is 1. The highest BCUT2D eigenvalue weighted by atomic mass is 19.4. The van der Waals surface area contributed by atoms with Crippen LogP contribution in [0.25, 0.3) is 0 Å². The smallest absolute Gasteiger partial charge is 0.410 e. The zero-order chi connectivity index (χ0) is 17.3. The first-order valence-corrected chi connectivity index (χ1v) is 7.55. The maximum atomic E-state index is 13.5. The molecule has 0 unspecified atom stereocenters. The molecule has 8 heteroatoms. The van der Waals surface area contributed by atoms with Crippen molar-refractivity contribution >= 4 is 11.8 Å². The van der Waals surface area contributed by atoms with Crippen LogP contribution in [0.2, 0.25) is 0 Å². The van der Waals surface area contributed by atoms with Gasteiger partial charge in [0.15, 0.2) is 11.7 Å². The van der Waals surface area contributed by atoms with Crippen molar-refractivity contribution in [3.63, 3.8) is 0 Å². The first-order valence-electron chi connectivity index (χ1n) is 7.55. The highest BCUT2D eigenvalue weighted by Crippen LogP contribution is 2.43. The number of hydrogen-bond acceptors (Lipinski definition) is 4. The Kier molecular flexibility index (Phi) is 4.21. The Hall–Kier alpha value is -2.51. The Labute approximate surface area is 136 Å². The normalized spacial score (nSPS) is 20.2. The summed E-state index contributed by atoms with van der Waals surface area (Å²) < 4.78 is 46.0. The molecular weight excluding hydrogens is 323 g/mol. The number of fused-ring (bicyclic) bond motifs is 1. The molecule has 1 aliphatic heterocycles. The van der Waals surface area contributed by atoms with E-state index in [2.05, 4.69) is 10.4 Å². The Morgan fingerprint density at radius 2 is 2.08 bits per heavy atom. The molecule has 2 aromatic rings. The molecule has 24 heavy (non-hydrogen) atoms. The predicted molar refractivity (Wildman–Crippen MR) is 80.7 cm³/mol. The third-order valence-electron chi connectivity index (χ3n) is 3.88. The van der Waals surface area contributed by atoms with Crippen molar-refractivity contribution in [2.24, 2.45) is 0 Å². The minimum atomic E-state index is -4.47. The third-order valence-corrected chi connectivity index (χ3v) is 3.88. The zero-order valence-electron chi connectivity index (χ0n) is 12.9. The molecule has 1 aromatic heterocycles. The van der Waals surface area contributed by atoms with Gasteiger partial charge in [0.1, 0.15) is 5.82 Å². The largest absolute Gasteiger partial charge is 0.461 e. The molecule has 2 heterocycles. The number of esters is 1. The van der Waals surface area contributed by atoms with Gasteiger partial charge in [-0.1, -0.05) is 30.3 Å². The van der Waals surface area contributed by atoms with E-state index in [1.807, 2.05) is 0 Å². The highest BCUT2D eigenvalue weighted by Gasteiger charge is 2.46. The Morgan fingerprint density at radius 3 is 2.71 bits per heavy atom. The minimum absolute atomic E-state index is 0.129. The van der Waals surface area contributed by atoms with Gasteiger partial charge < -0.3 is 10.1 Å². The second-order valence-electron chi connectivity index (χ2n) is 5.48. The van der Waals surface area contributed by atoms with Crippen molar-refractivity contribution in [2.75, 3.05) is 11.9 Å². The number of aromatic nitrogens is 2. The van der Waals surface area contributed by atoms with Crippen molar-refractivity contribution in [1.82, 2.24) is 9.78 Å². The number of ether oxygens (including phenoxy) is 1. The Bertz CT molecular complexity index is 728. The van der Waals surface area contributed by atoms with Crippen LogP contribution in [0.4, 0.5) is 19.0 Å². The lowest BCUT2D eigenvalue weighted by Gasteiger charge is -2.33. The summed E-state index contributed by atoms with van der Waals surface area (Å²) in [4.78, 5) is 11.8. The molecule has 0 radical (unpaired) electrons. The van der Waals surface area contributed by atoms with E-state index >= 15 is 0 Å². The molecule has 1 N–H and O–H groups in total. The van der Waals surface area contributed by atoms with E-state index in [9.17, 15) is 18.0 Å². The lowest BCUT2D eigenvalue weighted by atomic mass is 9.97. The molecule has 128 valence electrons. The number of carbonyl (C=O) groups is 1. The summed E-state index contributed by atoms with van der Waals surface area (Å²) in [6, 6.07) is 7.86. The SMILES string of the molecule is CCOC(=O)c1cc2n(n1)[C@H](C(F)(F)F)C[C@H](c1ccccc1)N2. The van der Waals surface area contributed by atoms with Crippen LogP contribution in [-0.2, 0) is 4.74 Å². The van der Waals surface area contributed by atoms with Gasteiger partial charge >= 0.3 is 12.1 Å². The average Bonchev–Trinajstić information content (AvgIpc) is 2.98. The van der Waals surface area contributed by atoms with E-state index in [1.54, 1.807) is 37.3 Å².